The maximum absolute atomic E-state index is 9.11. The van der Waals surface area contributed by atoms with E-state index in [0.29, 0.717) is 0 Å². The summed E-state index contributed by atoms with van der Waals surface area (Å²) in [6.07, 6.45) is 0. The summed E-state index contributed by atoms with van der Waals surface area (Å²) in [6, 6.07) is 13.9. The van der Waals surface area contributed by atoms with Crippen molar-refractivity contribution in [2.24, 2.45) is 0 Å². The molecule has 2 aromatic carbocycles. The standard InChI is InChI=1S/C12H10O2.5Y/c13-11-5-1-9(2-6-11)10-3-7-12(14)8-4-10;;;;;/h1-8,13-14H;;;;;. The molecule has 85 valence electrons. The van der Waals surface area contributed by atoms with Crippen molar-refractivity contribution in [2.75, 3.05) is 0 Å². The van der Waals surface area contributed by atoms with Crippen molar-refractivity contribution in [1.29, 1.82) is 0 Å². The Balaban J connectivity index is -0.000000225. The quantitative estimate of drug-likeness (QED) is 0.509. The Morgan fingerprint density at radius 3 is 0.842 bits per heavy atom. The summed E-state index contributed by atoms with van der Waals surface area (Å²) >= 11 is 0. The second-order valence-corrected chi connectivity index (χ2v) is 3.09. The van der Waals surface area contributed by atoms with Crippen molar-refractivity contribution in [3.8, 4) is 22.6 Å². The van der Waals surface area contributed by atoms with Crippen LogP contribution in [0, 0.1) is 0 Å². The number of hydrogen-bond donors (Lipinski definition) is 2. The minimum atomic E-state index is 0. The van der Waals surface area contributed by atoms with E-state index in [2.05, 4.69) is 0 Å². The summed E-state index contributed by atoms with van der Waals surface area (Å²) in [5.41, 5.74) is 2.03. The van der Waals surface area contributed by atoms with E-state index in [4.69, 9.17) is 10.2 Å². The molecule has 19 heavy (non-hydrogen) atoms. The molecule has 0 bridgehead atoms. The third-order valence-electron chi connectivity index (χ3n) is 2.07. The van der Waals surface area contributed by atoms with Gasteiger partial charge in [0.15, 0.2) is 0 Å². The van der Waals surface area contributed by atoms with E-state index in [9.17, 15) is 0 Å². The van der Waals surface area contributed by atoms with Crippen LogP contribution >= 0.6 is 0 Å². The minimum absolute atomic E-state index is 0. The molecule has 0 aliphatic heterocycles. The molecule has 0 unspecified atom stereocenters. The fourth-order valence-electron chi connectivity index (χ4n) is 1.31. The van der Waals surface area contributed by atoms with E-state index in [0.717, 1.165) is 11.1 Å². The average Bonchev–Trinajstić information content (AvgIpc) is 2.21. The van der Waals surface area contributed by atoms with Gasteiger partial charge in [-0.25, -0.2) is 0 Å². The fourth-order valence-corrected chi connectivity index (χ4v) is 1.31. The first kappa shape index (κ1) is 30.4. The summed E-state index contributed by atoms with van der Waals surface area (Å²) < 4.78 is 0. The van der Waals surface area contributed by atoms with Gasteiger partial charge in [0.1, 0.15) is 11.5 Å². The van der Waals surface area contributed by atoms with Crippen molar-refractivity contribution in [3.63, 3.8) is 0 Å². The molecule has 0 saturated heterocycles. The van der Waals surface area contributed by atoms with Crippen LogP contribution in [0.3, 0.4) is 0 Å². The van der Waals surface area contributed by atoms with Gasteiger partial charge in [-0.1, -0.05) is 24.3 Å². The van der Waals surface area contributed by atoms with Gasteiger partial charge in [0.25, 0.3) is 0 Å². The Bertz CT molecular complexity index is 387. The molecule has 2 N–H and O–H groups in total. The number of aromatic hydroxyl groups is 2. The van der Waals surface area contributed by atoms with E-state index in [1.165, 1.54) is 0 Å². The first-order valence-electron chi connectivity index (χ1n) is 4.34. The SMILES string of the molecule is Oc1ccc(-c2ccc(O)cc2)cc1.[Y].[Y].[Y].[Y].[Y]. The Kier molecular flexibility index (Phi) is 26.3. The van der Waals surface area contributed by atoms with E-state index in [1.54, 1.807) is 24.3 Å². The van der Waals surface area contributed by atoms with Crippen molar-refractivity contribution in [2.45, 2.75) is 0 Å². The summed E-state index contributed by atoms with van der Waals surface area (Å²) in [6.45, 7) is 0. The zero-order valence-corrected chi connectivity index (χ0v) is 24.6. The predicted octanol–water partition coefficient (Wildman–Crippen LogP) is 2.75. The number of phenolic OH excluding ortho intramolecular Hbond substituents is 2. The topological polar surface area (TPSA) is 40.5 Å². The van der Waals surface area contributed by atoms with Crippen LogP contribution in [0.4, 0.5) is 0 Å². The Hall–Kier alpha value is 3.56. The molecular formula is C12H10O2Y5. The van der Waals surface area contributed by atoms with E-state index < -0.39 is 0 Å². The summed E-state index contributed by atoms with van der Waals surface area (Å²) in [5.74, 6) is 0.514. The van der Waals surface area contributed by atoms with Gasteiger partial charge < -0.3 is 10.2 Å². The largest absolute Gasteiger partial charge is 0.508 e. The molecule has 7 heteroatoms. The van der Waals surface area contributed by atoms with Crippen LogP contribution in [-0.4, -0.2) is 10.2 Å². The predicted molar refractivity (Wildman–Crippen MR) is 55.2 cm³/mol. The normalized spacial score (nSPS) is 7.37. The van der Waals surface area contributed by atoms with Crippen LogP contribution in [0.1, 0.15) is 0 Å². The first-order valence-corrected chi connectivity index (χ1v) is 4.34. The van der Waals surface area contributed by atoms with Gasteiger partial charge >= 0.3 is 0 Å². The van der Waals surface area contributed by atoms with E-state index in [-0.39, 0.29) is 175 Å². The van der Waals surface area contributed by atoms with Crippen LogP contribution in [0.5, 0.6) is 11.5 Å². The van der Waals surface area contributed by atoms with Crippen molar-refractivity contribution in [1.82, 2.24) is 0 Å². The van der Waals surface area contributed by atoms with Gasteiger partial charge in [-0.3, -0.25) is 0 Å². The zero-order chi connectivity index (χ0) is 9.97. The summed E-state index contributed by atoms with van der Waals surface area (Å²) in [5, 5.41) is 18.2. The zero-order valence-electron chi connectivity index (χ0n) is 10.4. The minimum Gasteiger partial charge on any atom is -0.508 e. The monoisotopic (exact) mass is 631 g/mol. The van der Waals surface area contributed by atoms with Crippen LogP contribution in [0.15, 0.2) is 48.5 Å². The van der Waals surface area contributed by atoms with Crippen molar-refractivity contribution in [3.05, 3.63) is 48.5 Å². The second kappa shape index (κ2) is 16.4. The van der Waals surface area contributed by atoms with Crippen LogP contribution < -0.4 is 0 Å². The molecule has 2 rings (SSSR count). The van der Waals surface area contributed by atoms with Gasteiger partial charge in [0, 0.05) is 164 Å². The molecule has 0 fully saturated rings. The first-order chi connectivity index (χ1) is 6.75. The third-order valence-corrected chi connectivity index (χ3v) is 2.07. The van der Waals surface area contributed by atoms with E-state index in [1.807, 2.05) is 24.3 Å². The third kappa shape index (κ3) is 10.9. The Labute approximate surface area is 239 Å². The number of benzene rings is 2. The maximum Gasteiger partial charge on any atom is 0.115 e. The molecule has 5 radical (unpaired) electrons. The van der Waals surface area contributed by atoms with Crippen LogP contribution in [0.2, 0.25) is 0 Å². The van der Waals surface area contributed by atoms with Crippen LogP contribution in [-0.2, 0) is 164 Å². The average molecular weight is 631 g/mol. The smallest absolute Gasteiger partial charge is 0.115 e. The number of phenols is 2. The Morgan fingerprint density at radius 1 is 0.421 bits per heavy atom. The molecule has 0 aliphatic carbocycles. The van der Waals surface area contributed by atoms with Gasteiger partial charge in [0.05, 0.1) is 0 Å². The van der Waals surface area contributed by atoms with E-state index >= 15 is 0 Å². The Morgan fingerprint density at radius 2 is 0.632 bits per heavy atom. The summed E-state index contributed by atoms with van der Waals surface area (Å²) in [4.78, 5) is 0. The number of rotatable bonds is 1. The van der Waals surface area contributed by atoms with Crippen molar-refractivity contribution >= 4 is 0 Å². The molecule has 0 aliphatic rings. The molecule has 2 aromatic rings. The van der Waals surface area contributed by atoms with Gasteiger partial charge in [-0.05, 0) is 35.4 Å². The maximum atomic E-state index is 9.11. The van der Waals surface area contributed by atoms with Gasteiger partial charge in [0.2, 0.25) is 0 Å². The fraction of sp³-hybridized carbons (Fsp3) is 0. The molecular weight excluding hydrogens is 621 g/mol. The van der Waals surface area contributed by atoms with Gasteiger partial charge in [-0.2, -0.15) is 0 Å². The molecule has 0 spiro atoms. The summed E-state index contributed by atoms with van der Waals surface area (Å²) in [7, 11) is 0. The second-order valence-electron chi connectivity index (χ2n) is 3.09. The van der Waals surface area contributed by atoms with Crippen LogP contribution in [0.25, 0.3) is 11.1 Å². The molecule has 2 nitrogen and oxygen atoms in total. The number of hydrogen-bond acceptors (Lipinski definition) is 2. The van der Waals surface area contributed by atoms with Gasteiger partial charge in [-0.15, -0.1) is 0 Å². The molecule has 0 amide bonds. The molecule has 0 atom stereocenters. The molecule has 0 aromatic heterocycles. The molecule has 0 heterocycles. The molecule has 0 saturated carbocycles. The van der Waals surface area contributed by atoms with Crippen molar-refractivity contribution < 1.29 is 174 Å².